The van der Waals surface area contributed by atoms with Crippen LogP contribution in [0.2, 0.25) is 0 Å². The lowest BCUT2D eigenvalue weighted by Crippen LogP contribution is -2.38. The normalized spacial score (nSPS) is 20.8. The zero-order chi connectivity index (χ0) is 24.6. The average molecular weight is 553 g/mol. The predicted octanol–water partition coefficient (Wildman–Crippen LogP) is 3.47. The number of thiophene rings is 1. The molecule has 1 saturated heterocycles. The molecule has 0 radical (unpaired) electrons. The minimum Gasteiger partial charge on any atom is -0.351 e. The third kappa shape index (κ3) is 5.31. The molecular weight excluding hydrogens is 525 g/mol. The summed E-state index contributed by atoms with van der Waals surface area (Å²) in [5.74, 6) is 0.560. The van der Waals surface area contributed by atoms with E-state index in [9.17, 15) is 16.8 Å². The lowest BCUT2D eigenvalue weighted by Gasteiger charge is -2.23. The van der Waals surface area contributed by atoms with Crippen LogP contribution in [0.1, 0.15) is 25.0 Å². The van der Waals surface area contributed by atoms with E-state index in [4.69, 9.17) is 4.99 Å². The van der Waals surface area contributed by atoms with Crippen LogP contribution < -0.4 is 9.62 Å². The van der Waals surface area contributed by atoms with Gasteiger partial charge in [-0.15, -0.1) is 11.3 Å². The first-order valence-corrected chi connectivity index (χ1v) is 16.5. The van der Waals surface area contributed by atoms with Crippen molar-refractivity contribution in [3.8, 4) is 0 Å². The Balaban J connectivity index is 1.23. The first kappa shape index (κ1) is 24.8. The van der Waals surface area contributed by atoms with Gasteiger partial charge in [-0.25, -0.2) is 16.8 Å². The number of sulfonamides is 1. The number of fused-ring (bicyclic) bond motifs is 1. The Hall–Kier alpha value is -1.86. The molecule has 8 nitrogen and oxygen atoms in total. The quantitative estimate of drug-likeness (QED) is 0.443. The van der Waals surface area contributed by atoms with Crippen molar-refractivity contribution in [2.24, 2.45) is 4.99 Å². The van der Waals surface area contributed by atoms with Gasteiger partial charge in [0.25, 0.3) is 10.0 Å². The fraction of sp³-hybridized carbons (Fsp3) is 0.435. The van der Waals surface area contributed by atoms with Crippen molar-refractivity contribution in [1.29, 1.82) is 0 Å². The number of nitrogens with one attached hydrogen (secondary N) is 2. The molecule has 1 unspecified atom stereocenters. The van der Waals surface area contributed by atoms with E-state index in [2.05, 4.69) is 10.3 Å². The molecule has 2 aromatic heterocycles. The van der Waals surface area contributed by atoms with Crippen LogP contribution in [0.3, 0.4) is 0 Å². The molecule has 188 valence electrons. The fourth-order valence-electron chi connectivity index (χ4n) is 4.45. The van der Waals surface area contributed by atoms with Gasteiger partial charge in [-0.3, -0.25) is 9.30 Å². The van der Waals surface area contributed by atoms with Crippen LogP contribution in [0.4, 0.5) is 5.69 Å². The standard InChI is InChI=1S/C23H28N4O4S4/c1-27(35(30,31)21-6-3-11-32-21)20-5-2-4-16-14-19(26-22(16)20)23-25-15-18(33-23)7-10-24-17-8-12-34(28,29)13-9-17/h2-6,11,14,17-18,24,26H,7-10,12-13,15H2,1H3. The van der Waals surface area contributed by atoms with Gasteiger partial charge in [0.1, 0.15) is 19.1 Å². The zero-order valence-electron chi connectivity index (χ0n) is 19.3. The van der Waals surface area contributed by atoms with Crippen LogP contribution in [0.15, 0.2) is 51.0 Å². The number of hydrogen-bond acceptors (Lipinski definition) is 8. The third-order valence-corrected chi connectivity index (χ3v) is 12.6. The molecule has 12 heteroatoms. The molecule has 0 spiro atoms. The molecule has 2 aliphatic rings. The van der Waals surface area contributed by atoms with Crippen molar-refractivity contribution in [2.45, 2.75) is 34.8 Å². The maximum absolute atomic E-state index is 13.0. The summed E-state index contributed by atoms with van der Waals surface area (Å²) in [5.41, 5.74) is 2.26. The van der Waals surface area contributed by atoms with E-state index in [0.717, 1.165) is 41.2 Å². The highest BCUT2D eigenvalue weighted by molar-refractivity contribution is 8.15. The fourth-order valence-corrected chi connectivity index (χ4v) is 9.40. The van der Waals surface area contributed by atoms with Crippen molar-refractivity contribution in [3.05, 3.63) is 47.5 Å². The molecule has 0 bridgehead atoms. The molecular formula is C23H28N4O4S4. The minimum atomic E-state index is -3.63. The first-order valence-electron chi connectivity index (χ1n) is 11.5. The second-order valence-electron chi connectivity index (χ2n) is 8.88. The van der Waals surface area contributed by atoms with Crippen LogP contribution >= 0.6 is 23.1 Å². The number of H-pyrrole nitrogens is 1. The topological polar surface area (TPSA) is 112 Å². The highest BCUT2D eigenvalue weighted by atomic mass is 32.2. The minimum absolute atomic E-state index is 0.278. The van der Waals surface area contributed by atoms with Gasteiger partial charge in [0.15, 0.2) is 0 Å². The van der Waals surface area contributed by atoms with Crippen LogP contribution in [-0.4, -0.2) is 69.8 Å². The first-order chi connectivity index (χ1) is 16.7. The van der Waals surface area contributed by atoms with Gasteiger partial charge in [0.2, 0.25) is 0 Å². The maximum Gasteiger partial charge on any atom is 0.273 e. The van der Waals surface area contributed by atoms with Crippen LogP contribution in [0.5, 0.6) is 0 Å². The summed E-state index contributed by atoms with van der Waals surface area (Å²) >= 11 is 2.94. The molecule has 1 atom stereocenters. The van der Waals surface area contributed by atoms with E-state index in [1.165, 1.54) is 15.6 Å². The van der Waals surface area contributed by atoms with E-state index >= 15 is 0 Å². The van der Waals surface area contributed by atoms with Gasteiger partial charge in [0, 0.05) is 23.7 Å². The number of benzene rings is 1. The summed E-state index contributed by atoms with van der Waals surface area (Å²) in [6.45, 7) is 1.57. The number of aromatic amines is 1. The lowest BCUT2D eigenvalue weighted by molar-refractivity contribution is 0.459. The maximum atomic E-state index is 13.0. The summed E-state index contributed by atoms with van der Waals surface area (Å²) in [6, 6.07) is 11.3. The summed E-state index contributed by atoms with van der Waals surface area (Å²) in [7, 11) is -4.88. The van der Waals surface area contributed by atoms with Gasteiger partial charge in [-0.2, -0.15) is 0 Å². The molecule has 35 heavy (non-hydrogen) atoms. The second kappa shape index (κ2) is 9.89. The van der Waals surface area contributed by atoms with E-state index < -0.39 is 19.9 Å². The molecule has 4 heterocycles. The molecule has 0 saturated carbocycles. The summed E-state index contributed by atoms with van der Waals surface area (Å²) in [4.78, 5) is 8.16. The molecule has 1 fully saturated rings. The lowest BCUT2D eigenvalue weighted by atomic mass is 10.1. The van der Waals surface area contributed by atoms with E-state index in [1.807, 2.05) is 24.3 Å². The van der Waals surface area contributed by atoms with Gasteiger partial charge in [-0.1, -0.05) is 30.0 Å². The number of aliphatic imine (C=N–C) groups is 1. The predicted molar refractivity (Wildman–Crippen MR) is 145 cm³/mol. The van der Waals surface area contributed by atoms with Crippen LogP contribution in [-0.2, 0) is 19.9 Å². The molecule has 2 N–H and O–H groups in total. The number of nitrogens with zero attached hydrogens (tertiary/aromatic N) is 2. The molecule has 5 rings (SSSR count). The Kier molecular flexibility index (Phi) is 7.01. The smallest absolute Gasteiger partial charge is 0.273 e. The highest BCUT2D eigenvalue weighted by Gasteiger charge is 2.27. The molecule has 2 aliphatic heterocycles. The number of rotatable bonds is 8. The summed E-state index contributed by atoms with van der Waals surface area (Å²) < 4.78 is 50.9. The molecule has 3 aromatic rings. The Morgan fingerprint density at radius 3 is 2.74 bits per heavy atom. The van der Waals surface area contributed by atoms with Crippen molar-refractivity contribution in [2.75, 3.05) is 35.9 Å². The van der Waals surface area contributed by atoms with Crippen LogP contribution in [0, 0.1) is 0 Å². The molecule has 0 amide bonds. The van der Waals surface area contributed by atoms with Crippen LogP contribution in [0.25, 0.3) is 10.9 Å². The second-order valence-corrected chi connectivity index (χ2v) is 15.6. The Morgan fingerprint density at radius 2 is 2.00 bits per heavy atom. The summed E-state index contributed by atoms with van der Waals surface area (Å²) in [6.07, 6.45) is 2.33. The monoisotopic (exact) mass is 552 g/mol. The van der Waals surface area contributed by atoms with Crippen molar-refractivity contribution >= 4 is 64.6 Å². The van der Waals surface area contributed by atoms with Crippen molar-refractivity contribution < 1.29 is 16.8 Å². The van der Waals surface area contributed by atoms with Gasteiger partial charge >= 0.3 is 0 Å². The Morgan fingerprint density at radius 1 is 1.20 bits per heavy atom. The largest absolute Gasteiger partial charge is 0.351 e. The van der Waals surface area contributed by atoms with Gasteiger partial charge in [-0.05, 0) is 49.4 Å². The van der Waals surface area contributed by atoms with Crippen molar-refractivity contribution in [1.82, 2.24) is 10.3 Å². The zero-order valence-corrected chi connectivity index (χ0v) is 22.6. The number of anilines is 1. The number of thioether (sulfide) groups is 1. The van der Waals surface area contributed by atoms with Gasteiger partial charge < -0.3 is 10.3 Å². The van der Waals surface area contributed by atoms with E-state index in [0.29, 0.717) is 28.0 Å². The molecule has 0 aliphatic carbocycles. The number of sulfone groups is 1. The third-order valence-electron chi connectivity index (χ3n) is 6.48. The molecule has 1 aromatic carbocycles. The number of hydrogen-bond donors (Lipinski definition) is 2. The van der Waals surface area contributed by atoms with Crippen molar-refractivity contribution in [3.63, 3.8) is 0 Å². The van der Waals surface area contributed by atoms with E-state index in [-0.39, 0.29) is 17.5 Å². The van der Waals surface area contributed by atoms with Gasteiger partial charge in [0.05, 0.1) is 34.9 Å². The average Bonchev–Trinajstić information content (AvgIpc) is 3.59. The Labute approximate surface area is 214 Å². The van der Waals surface area contributed by atoms with E-state index in [1.54, 1.807) is 36.3 Å². The summed E-state index contributed by atoms with van der Waals surface area (Å²) in [5, 5.41) is 7.50. The SMILES string of the molecule is CN(c1cccc2cc(C3=NCC(CCNC4CCS(=O)(=O)CC4)S3)[nH]c12)S(=O)(=O)c1cccs1. The highest BCUT2D eigenvalue weighted by Crippen LogP contribution is 2.34. The number of para-hydroxylation sites is 1. The Bertz CT molecular complexity index is 1430. The number of aromatic nitrogens is 1.